The molecule has 2 aromatic heterocycles. The summed E-state index contributed by atoms with van der Waals surface area (Å²) in [6.07, 6.45) is -3.04. The van der Waals surface area contributed by atoms with E-state index in [2.05, 4.69) is 9.97 Å². The molecule has 4 nitrogen and oxygen atoms in total. The summed E-state index contributed by atoms with van der Waals surface area (Å²) in [7, 11) is 1.38. The Morgan fingerprint density at radius 3 is 2.45 bits per heavy atom. The van der Waals surface area contributed by atoms with Gasteiger partial charge in [0.15, 0.2) is 0 Å². The molecule has 114 valence electrons. The Hall–Kier alpha value is -2.57. The van der Waals surface area contributed by atoms with Gasteiger partial charge in [-0.2, -0.15) is 13.2 Å². The van der Waals surface area contributed by atoms with Gasteiger partial charge in [0.2, 0.25) is 5.89 Å². The van der Waals surface area contributed by atoms with Crippen LogP contribution in [0.2, 0.25) is 0 Å². The number of hydrogen-bond donors (Lipinski definition) is 0. The summed E-state index contributed by atoms with van der Waals surface area (Å²) in [4.78, 5) is 7.89. The fourth-order valence-corrected chi connectivity index (χ4v) is 2.18. The second-order valence-corrected chi connectivity index (χ2v) is 4.70. The van der Waals surface area contributed by atoms with Gasteiger partial charge >= 0.3 is 6.18 Å². The van der Waals surface area contributed by atoms with E-state index >= 15 is 0 Å². The lowest BCUT2D eigenvalue weighted by atomic mass is 10.1. The summed E-state index contributed by atoms with van der Waals surface area (Å²) >= 11 is 0. The molecular weight excluding hydrogens is 297 g/mol. The van der Waals surface area contributed by atoms with Crippen molar-refractivity contribution in [3.05, 3.63) is 41.9 Å². The number of ether oxygens (including phenoxy) is 1. The molecule has 0 atom stereocenters. The highest BCUT2D eigenvalue weighted by Gasteiger charge is 2.33. The van der Waals surface area contributed by atoms with Crippen molar-refractivity contribution in [1.29, 1.82) is 0 Å². The third kappa shape index (κ3) is 2.38. The zero-order valence-corrected chi connectivity index (χ0v) is 11.7. The van der Waals surface area contributed by atoms with Crippen LogP contribution in [-0.2, 0) is 6.18 Å². The smallest absolute Gasteiger partial charge is 0.433 e. The number of fused-ring (bicyclic) bond motifs is 1. The van der Waals surface area contributed by atoms with E-state index in [1.807, 2.05) is 0 Å². The fourth-order valence-electron chi connectivity index (χ4n) is 2.18. The molecule has 0 aliphatic carbocycles. The lowest BCUT2D eigenvalue weighted by Gasteiger charge is -2.11. The van der Waals surface area contributed by atoms with Gasteiger partial charge in [0, 0.05) is 10.9 Å². The van der Waals surface area contributed by atoms with Crippen molar-refractivity contribution in [2.75, 3.05) is 7.11 Å². The van der Waals surface area contributed by atoms with Crippen LogP contribution in [0.5, 0.6) is 5.75 Å². The number of halogens is 3. The molecule has 0 saturated carbocycles. The van der Waals surface area contributed by atoms with E-state index in [-0.39, 0.29) is 11.3 Å². The maximum atomic E-state index is 12.8. The molecule has 0 aliphatic rings. The predicted molar refractivity (Wildman–Crippen MR) is 73.5 cm³/mol. The first kappa shape index (κ1) is 14.4. The van der Waals surface area contributed by atoms with E-state index in [4.69, 9.17) is 9.15 Å². The van der Waals surface area contributed by atoms with E-state index in [0.29, 0.717) is 22.5 Å². The van der Waals surface area contributed by atoms with Crippen LogP contribution in [0.15, 0.2) is 34.9 Å². The highest BCUT2D eigenvalue weighted by molar-refractivity contribution is 5.96. The maximum Gasteiger partial charge on any atom is 0.433 e. The molecule has 0 N–H and O–H groups in total. The van der Waals surface area contributed by atoms with Crippen LogP contribution in [0.1, 0.15) is 11.4 Å². The first-order valence-corrected chi connectivity index (χ1v) is 6.37. The topological polar surface area (TPSA) is 48.2 Å². The quantitative estimate of drug-likeness (QED) is 0.711. The Balaban J connectivity index is 2.29. The molecule has 0 radical (unpaired) electrons. The molecule has 0 saturated heterocycles. The average Bonchev–Trinajstić information content (AvgIpc) is 2.91. The summed E-state index contributed by atoms with van der Waals surface area (Å²) in [5.74, 6) is 0.583. The molecule has 0 bridgehead atoms. The second-order valence-electron chi connectivity index (χ2n) is 4.70. The molecule has 0 amide bonds. The zero-order valence-electron chi connectivity index (χ0n) is 11.7. The maximum absolute atomic E-state index is 12.8. The molecular formula is C15H11F3N2O2. The number of hydrogen-bond acceptors (Lipinski definition) is 4. The normalized spacial score (nSPS) is 11.9. The van der Waals surface area contributed by atoms with Gasteiger partial charge in [-0.15, -0.1) is 0 Å². The number of rotatable bonds is 2. The van der Waals surface area contributed by atoms with Crippen LogP contribution in [0.25, 0.3) is 22.4 Å². The molecule has 7 heteroatoms. The Labute approximate surface area is 123 Å². The largest absolute Gasteiger partial charge is 0.494 e. The first-order chi connectivity index (χ1) is 10.4. The van der Waals surface area contributed by atoms with Crippen molar-refractivity contribution < 1.29 is 22.3 Å². The molecule has 22 heavy (non-hydrogen) atoms. The molecule has 0 unspecified atom stereocenters. The number of alkyl halides is 3. The number of pyridine rings is 1. The molecule has 2 heterocycles. The lowest BCUT2D eigenvalue weighted by molar-refractivity contribution is -0.140. The third-order valence-corrected chi connectivity index (χ3v) is 3.18. The van der Waals surface area contributed by atoms with Crippen LogP contribution in [-0.4, -0.2) is 17.1 Å². The van der Waals surface area contributed by atoms with Crippen molar-refractivity contribution in [1.82, 2.24) is 9.97 Å². The van der Waals surface area contributed by atoms with Crippen LogP contribution in [0, 0.1) is 6.92 Å². The van der Waals surface area contributed by atoms with E-state index in [1.165, 1.54) is 19.4 Å². The highest BCUT2D eigenvalue weighted by Crippen LogP contribution is 2.36. The minimum absolute atomic E-state index is 0.116. The van der Waals surface area contributed by atoms with E-state index < -0.39 is 11.9 Å². The summed E-state index contributed by atoms with van der Waals surface area (Å²) in [5.41, 5.74) is 0.383. The van der Waals surface area contributed by atoms with Crippen molar-refractivity contribution >= 4 is 10.9 Å². The molecule has 3 rings (SSSR count). The number of methoxy groups -OCH3 is 1. The monoisotopic (exact) mass is 308 g/mol. The van der Waals surface area contributed by atoms with E-state index in [0.717, 1.165) is 6.07 Å². The minimum Gasteiger partial charge on any atom is -0.494 e. The fraction of sp³-hybridized carbons (Fsp3) is 0.200. The van der Waals surface area contributed by atoms with Gasteiger partial charge < -0.3 is 9.15 Å². The lowest BCUT2D eigenvalue weighted by Crippen LogP contribution is -2.08. The van der Waals surface area contributed by atoms with Crippen molar-refractivity contribution in [3.8, 4) is 17.2 Å². The number of nitrogens with zero attached hydrogens (tertiary/aromatic N) is 2. The zero-order chi connectivity index (χ0) is 15.9. The van der Waals surface area contributed by atoms with Gasteiger partial charge in [0.1, 0.15) is 23.2 Å². The standard InChI is InChI=1S/C15H11F3N2O2/c1-8-7-22-14(19-8)10-3-5-11(21-2)13-9(10)4-6-12(20-13)15(16,17)18/h3-7H,1-2H3. The van der Waals surface area contributed by atoms with Gasteiger partial charge in [0.05, 0.1) is 12.8 Å². The summed E-state index contributed by atoms with van der Waals surface area (Å²) in [6, 6.07) is 5.51. The minimum atomic E-state index is -4.52. The van der Waals surface area contributed by atoms with Crippen LogP contribution in [0.4, 0.5) is 13.2 Å². The Morgan fingerprint density at radius 2 is 1.86 bits per heavy atom. The van der Waals surface area contributed by atoms with Gasteiger partial charge in [-0.3, -0.25) is 0 Å². The number of oxazole rings is 1. The second kappa shape index (κ2) is 5.01. The number of aryl methyl sites for hydroxylation is 1. The first-order valence-electron chi connectivity index (χ1n) is 6.37. The van der Waals surface area contributed by atoms with Crippen LogP contribution in [0.3, 0.4) is 0 Å². The molecule has 0 spiro atoms. The van der Waals surface area contributed by atoms with Gasteiger partial charge in [-0.1, -0.05) is 0 Å². The summed E-state index contributed by atoms with van der Waals surface area (Å²) in [6.45, 7) is 1.76. The third-order valence-electron chi connectivity index (χ3n) is 3.18. The SMILES string of the molecule is COc1ccc(-c2nc(C)co2)c2ccc(C(F)(F)F)nc12. The Bertz CT molecular complexity index is 840. The summed E-state index contributed by atoms with van der Waals surface area (Å²) in [5, 5.41) is 0.481. The molecule has 0 fully saturated rings. The van der Waals surface area contributed by atoms with Crippen molar-refractivity contribution in [3.63, 3.8) is 0 Å². The van der Waals surface area contributed by atoms with Gasteiger partial charge in [-0.05, 0) is 31.2 Å². The summed E-state index contributed by atoms with van der Waals surface area (Å²) < 4.78 is 49.0. The Morgan fingerprint density at radius 1 is 1.09 bits per heavy atom. The van der Waals surface area contributed by atoms with E-state index in [1.54, 1.807) is 19.1 Å². The molecule has 0 aliphatic heterocycles. The molecule has 3 aromatic rings. The predicted octanol–water partition coefficient (Wildman–Crippen LogP) is 4.23. The van der Waals surface area contributed by atoms with Crippen molar-refractivity contribution in [2.45, 2.75) is 13.1 Å². The number of aromatic nitrogens is 2. The van der Waals surface area contributed by atoms with Crippen LogP contribution < -0.4 is 4.74 Å². The van der Waals surface area contributed by atoms with Crippen LogP contribution >= 0.6 is 0 Å². The number of benzene rings is 1. The molecule has 1 aromatic carbocycles. The van der Waals surface area contributed by atoms with E-state index in [9.17, 15) is 13.2 Å². The van der Waals surface area contributed by atoms with Gasteiger partial charge in [0.25, 0.3) is 0 Å². The van der Waals surface area contributed by atoms with Gasteiger partial charge in [-0.25, -0.2) is 9.97 Å². The van der Waals surface area contributed by atoms with Crippen molar-refractivity contribution in [2.24, 2.45) is 0 Å². The Kier molecular flexibility index (Phi) is 3.27. The highest BCUT2D eigenvalue weighted by atomic mass is 19.4. The average molecular weight is 308 g/mol.